The highest BCUT2D eigenvalue weighted by atomic mass is 35.5. The van der Waals surface area contributed by atoms with Gasteiger partial charge in [-0.15, -0.1) is 0 Å². The lowest BCUT2D eigenvalue weighted by Crippen LogP contribution is -2.60. The highest BCUT2D eigenvalue weighted by Gasteiger charge is 2.38. The molecule has 0 aliphatic carbocycles. The van der Waals surface area contributed by atoms with Gasteiger partial charge in [0.1, 0.15) is 0 Å². The van der Waals surface area contributed by atoms with Crippen LogP contribution in [0.4, 0.5) is 18.9 Å². The van der Waals surface area contributed by atoms with Gasteiger partial charge < -0.3 is 20.6 Å². The summed E-state index contributed by atoms with van der Waals surface area (Å²) in [5.41, 5.74) is 1.53. The zero-order chi connectivity index (χ0) is 22.5. The number of anilines is 1. The van der Waals surface area contributed by atoms with Crippen LogP contribution in [0.25, 0.3) is 0 Å². The first kappa shape index (κ1) is 24.2. The van der Waals surface area contributed by atoms with Crippen LogP contribution in [0.3, 0.4) is 0 Å². The van der Waals surface area contributed by atoms with Crippen LogP contribution in [0, 0.1) is 0 Å². The fourth-order valence-electron chi connectivity index (χ4n) is 3.33. The molecule has 2 fully saturated rings. The number of alkyl halides is 3. The molecule has 0 spiro atoms. The number of benzene rings is 1. The Morgan fingerprint density at radius 1 is 1.23 bits per heavy atom. The molecule has 3 N–H and O–H groups in total. The van der Waals surface area contributed by atoms with Gasteiger partial charge in [0.2, 0.25) is 0 Å². The second-order valence-electron chi connectivity index (χ2n) is 7.47. The summed E-state index contributed by atoms with van der Waals surface area (Å²) in [5, 5.41) is 14.6. The number of carbonyl (C=O) groups is 2. The number of hydrogen-bond donors (Lipinski definition) is 3. The molecule has 30 heavy (non-hydrogen) atoms. The number of halogens is 4. The molecule has 11 heteroatoms. The standard InChI is InChI=1S/C17H25ClN4O.C2HF3O2/c1-21(2)17(23)15-4-3-12(9-16(15)18)20-13-10-22(11-13)14-5-7-19-8-6-14;3-2(4,5)1(6)7/h3-4,9,13-14,19-20H,5-8,10-11H2,1-2H3;(H,6,7). The number of nitrogens with zero attached hydrogens (tertiary/aromatic N) is 2. The van der Waals surface area contributed by atoms with Crippen molar-refractivity contribution in [2.24, 2.45) is 0 Å². The minimum atomic E-state index is -5.08. The van der Waals surface area contributed by atoms with Crippen molar-refractivity contribution in [2.75, 3.05) is 45.6 Å². The van der Waals surface area contributed by atoms with Crippen LogP contribution in [0.2, 0.25) is 5.02 Å². The lowest BCUT2D eigenvalue weighted by Gasteiger charge is -2.46. The third kappa shape index (κ3) is 6.75. The van der Waals surface area contributed by atoms with Gasteiger partial charge in [0.25, 0.3) is 5.91 Å². The number of hydrogen-bond acceptors (Lipinski definition) is 5. The van der Waals surface area contributed by atoms with Crippen molar-refractivity contribution in [3.05, 3.63) is 28.8 Å². The zero-order valence-corrected chi connectivity index (χ0v) is 17.6. The largest absolute Gasteiger partial charge is 0.490 e. The molecule has 168 valence electrons. The average Bonchev–Trinajstić information content (AvgIpc) is 2.64. The Labute approximate surface area is 178 Å². The fourth-order valence-corrected chi connectivity index (χ4v) is 3.59. The molecule has 1 aromatic carbocycles. The van der Waals surface area contributed by atoms with Crippen molar-refractivity contribution in [3.63, 3.8) is 0 Å². The maximum absolute atomic E-state index is 12.0. The summed E-state index contributed by atoms with van der Waals surface area (Å²) in [7, 11) is 3.46. The Morgan fingerprint density at radius 2 is 1.80 bits per heavy atom. The third-order valence-electron chi connectivity index (χ3n) is 4.95. The quantitative estimate of drug-likeness (QED) is 0.653. The first-order chi connectivity index (χ1) is 14.0. The first-order valence-corrected chi connectivity index (χ1v) is 9.89. The lowest BCUT2D eigenvalue weighted by atomic mass is 9.98. The van der Waals surface area contributed by atoms with Gasteiger partial charge in [-0.25, -0.2) is 4.79 Å². The van der Waals surface area contributed by atoms with E-state index < -0.39 is 12.1 Å². The molecule has 2 aliphatic rings. The van der Waals surface area contributed by atoms with Crippen molar-refractivity contribution in [2.45, 2.75) is 31.1 Å². The highest BCUT2D eigenvalue weighted by Crippen LogP contribution is 2.25. The van der Waals surface area contributed by atoms with Crippen molar-refractivity contribution in [3.8, 4) is 0 Å². The van der Waals surface area contributed by atoms with Crippen LogP contribution in [0.15, 0.2) is 18.2 Å². The molecular formula is C19H26ClF3N4O3. The number of carboxylic acid groups (broad SMARTS) is 1. The fraction of sp³-hybridized carbons (Fsp3) is 0.579. The minimum absolute atomic E-state index is 0.0673. The van der Waals surface area contributed by atoms with E-state index in [9.17, 15) is 18.0 Å². The van der Waals surface area contributed by atoms with E-state index in [1.807, 2.05) is 12.1 Å². The highest BCUT2D eigenvalue weighted by molar-refractivity contribution is 6.34. The number of aliphatic carboxylic acids is 1. The lowest BCUT2D eigenvalue weighted by molar-refractivity contribution is -0.192. The molecule has 0 bridgehead atoms. The Balaban J connectivity index is 0.000000396. The molecule has 7 nitrogen and oxygen atoms in total. The van der Waals surface area contributed by atoms with Crippen molar-refractivity contribution in [1.82, 2.24) is 15.1 Å². The number of piperidine rings is 1. The van der Waals surface area contributed by atoms with E-state index in [0.29, 0.717) is 16.6 Å². The summed E-state index contributed by atoms with van der Waals surface area (Å²) in [5.74, 6) is -2.82. The molecule has 2 aliphatic heterocycles. The number of carboxylic acids is 1. The molecule has 1 amide bonds. The van der Waals surface area contributed by atoms with Gasteiger partial charge in [-0.05, 0) is 44.1 Å². The smallest absolute Gasteiger partial charge is 0.475 e. The van der Waals surface area contributed by atoms with Crippen LogP contribution in [0.1, 0.15) is 23.2 Å². The van der Waals surface area contributed by atoms with Crippen LogP contribution < -0.4 is 10.6 Å². The molecule has 2 heterocycles. The average molecular weight is 451 g/mol. The van der Waals surface area contributed by atoms with Crippen LogP contribution in [-0.4, -0.2) is 85.3 Å². The van der Waals surface area contributed by atoms with Gasteiger partial charge in [-0.2, -0.15) is 13.2 Å². The predicted molar refractivity (Wildman–Crippen MR) is 108 cm³/mol. The number of rotatable bonds is 4. The van der Waals surface area contributed by atoms with E-state index in [1.165, 1.54) is 17.7 Å². The summed E-state index contributed by atoms with van der Waals surface area (Å²) in [6.45, 7) is 4.44. The molecule has 0 radical (unpaired) electrons. The summed E-state index contributed by atoms with van der Waals surface area (Å²) in [6.07, 6.45) is -2.58. The normalized spacial score (nSPS) is 18.1. The Morgan fingerprint density at radius 3 is 2.27 bits per heavy atom. The monoisotopic (exact) mass is 450 g/mol. The molecule has 0 unspecified atom stereocenters. The number of amides is 1. The SMILES string of the molecule is CN(C)C(=O)c1ccc(NC2CN(C3CCNCC3)C2)cc1Cl.O=C(O)C(F)(F)F. The van der Waals surface area contributed by atoms with Crippen LogP contribution in [-0.2, 0) is 4.79 Å². The third-order valence-corrected chi connectivity index (χ3v) is 5.27. The summed E-state index contributed by atoms with van der Waals surface area (Å²) >= 11 is 6.26. The van der Waals surface area contributed by atoms with Gasteiger partial charge in [0, 0.05) is 38.9 Å². The van der Waals surface area contributed by atoms with E-state index in [1.54, 1.807) is 20.2 Å². The van der Waals surface area contributed by atoms with E-state index in [2.05, 4.69) is 15.5 Å². The van der Waals surface area contributed by atoms with E-state index in [0.717, 1.165) is 37.9 Å². The zero-order valence-electron chi connectivity index (χ0n) is 16.8. The molecule has 0 aromatic heterocycles. The summed E-state index contributed by atoms with van der Waals surface area (Å²) in [4.78, 5) is 25.0. The molecular weight excluding hydrogens is 425 g/mol. The second kappa shape index (κ2) is 10.3. The van der Waals surface area contributed by atoms with Gasteiger partial charge in [0.05, 0.1) is 16.6 Å². The van der Waals surface area contributed by atoms with Crippen molar-refractivity contribution < 1.29 is 27.9 Å². The topological polar surface area (TPSA) is 84.9 Å². The predicted octanol–water partition coefficient (Wildman–Crippen LogP) is 2.52. The number of carbonyl (C=O) groups excluding carboxylic acids is 1. The van der Waals surface area contributed by atoms with Gasteiger partial charge in [-0.3, -0.25) is 9.69 Å². The van der Waals surface area contributed by atoms with Crippen LogP contribution in [0.5, 0.6) is 0 Å². The van der Waals surface area contributed by atoms with Crippen molar-refractivity contribution in [1.29, 1.82) is 0 Å². The van der Waals surface area contributed by atoms with E-state index in [-0.39, 0.29) is 5.91 Å². The Kier molecular flexibility index (Phi) is 8.34. The maximum atomic E-state index is 12.0. The number of nitrogens with one attached hydrogen (secondary N) is 2. The minimum Gasteiger partial charge on any atom is -0.475 e. The van der Waals surface area contributed by atoms with Gasteiger partial charge in [0.15, 0.2) is 0 Å². The second-order valence-corrected chi connectivity index (χ2v) is 7.88. The Hall–Kier alpha value is -2.04. The van der Waals surface area contributed by atoms with Gasteiger partial charge in [-0.1, -0.05) is 11.6 Å². The van der Waals surface area contributed by atoms with Crippen molar-refractivity contribution >= 4 is 29.2 Å². The molecule has 0 atom stereocenters. The molecule has 1 aromatic rings. The Bertz CT molecular complexity index is 749. The molecule has 2 saturated heterocycles. The first-order valence-electron chi connectivity index (χ1n) is 9.51. The molecule has 0 saturated carbocycles. The number of likely N-dealkylation sites (tertiary alicyclic amines) is 1. The van der Waals surface area contributed by atoms with E-state index >= 15 is 0 Å². The van der Waals surface area contributed by atoms with Crippen LogP contribution >= 0.6 is 11.6 Å². The van der Waals surface area contributed by atoms with Gasteiger partial charge >= 0.3 is 12.1 Å². The molecule has 3 rings (SSSR count). The summed E-state index contributed by atoms with van der Waals surface area (Å²) < 4.78 is 31.7. The van der Waals surface area contributed by atoms with E-state index in [4.69, 9.17) is 21.5 Å². The maximum Gasteiger partial charge on any atom is 0.490 e. The summed E-state index contributed by atoms with van der Waals surface area (Å²) in [6, 6.07) is 6.80.